The second-order valence-electron chi connectivity index (χ2n) is 5.28. The number of aromatic amines is 1. The fraction of sp³-hybridized carbons (Fsp3) is 0.615. The first-order valence-corrected chi connectivity index (χ1v) is 6.75. The second kappa shape index (κ2) is 5.94. The van der Waals surface area contributed by atoms with Gasteiger partial charge >= 0.3 is 12.0 Å². The SMILES string of the molecule is Cc1[nH]ncc1CNC(=O)N1CCC(C(=O)O)CC1C. The van der Waals surface area contributed by atoms with E-state index in [-0.39, 0.29) is 18.0 Å². The van der Waals surface area contributed by atoms with Crippen LogP contribution in [0.4, 0.5) is 4.79 Å². The molecule has 0 radical (unpaired) electrons. The number of hydrogen-bond acceptors (Lipinski definition) is 3. The fourth-order valence-corrected chi connectivity index (χ4v) is 2.52. The number of carboxylic acids is 1. The maximum absolute atomic E-state index is 12.1. The van der Waals surface area contributed by atoms with Crippen LogP contribution in [0.2, 0.25) is 0 Å². The van der Waals surface area contributed by atoms with Crippen molar-refractivity contribution in [3.05, 3.63) is 17.5 Å². The fourth-order valence-electron chi connectivity index (χ4n) is 2.52. The number of piperidine rings is 1. The monoisotopic (exact) mass is 280 g/mol. The van der Waals surface area contributed by atoms with Gasteiger partial charge in [0.25, 0.3) is 0 Å². The summed E-state index contributed by atoms with van der Waals surface area (Å²) >= 11 is 0. The predicted octanol–water partition coefficient (Wildman–Crippen LogP) is 1.11. The van der Waals surface area contributed by atoms with Crippen LogP contribution in [0, 0.1) is 12.8 Å². The van der Waals surface area contributed by atoms with Crippen LogP contribution in [0.5, 0.6) is 0 Å². The van der Waals surface area contributed by atoms with Gasteiger partial charge in [0.1, 0.15) is 0 Å². The van der Waals surface area contributed by atoms with E-state index in [1.165, 1.54) is 0 Å². The minimum atomic E-state index is -0.772. The summed E-state index contributed by atoms with van der Waals surface area (Å²) in [6.45, 7) is 4.69. The molecule has 7 heteroatoms. The van der Waals surface area contributed by atoms with Gasteiger partial charge in [-0.2, -0.15) is 5.10 Å². The normalized spacial score (nSPS) is 22.6. The number of carboxylic acid groups (broad SMARTS) is 1. The summed E-state index contributed by atoms with van der Waals surface area (Å²) in [5.74, 6) is -1.11. The number of aliphatic carboxylic acids is 1. The van der Waals surface area contributed by atoms with E-state index < -0.39 is 5.97 Å². The van der Waals surface area contributed by atoms with E-state index in [1.807, 2.05) is 13.8 Å². The number of nitrogens with one attached hydrogen (secondary N) is 2. The van der Waals surface area contributed by atoms with E-state index in [0.29, 0.717) is 25.9 Å². The van der Waals surface area contributed by atoms with Crippen LogP contribution < -0.4 is 5.32 Å². The zero-order chi connectivity index (χ0) is 14.7. The standard InChI is InChI=1S/C13H20N4O3/c1-8-5-10(12(18)19)3-4-17(8)13(20)14-6-11-7-15-16-9(11)2/h7-8,10H,3-6H2,1-2H3,(H,14,20)(H,15,16)(H,18,19). The third-order valence-corrected chi connectivity index (χ3v) is 3.85. The van der Waals surface area contributed by atoms with Crippen molar-refractivity contribution in [3.8, 4) is 0 Å². The lowest BCUT2D eigenvalue weighted by Gasteiger charge is -2.36. The molecule has 1 aromatic heterocycles. The van der Waals surface area contributed by atoms with Crippen molar-refractivity contribution >= 4 is 12.0 Å². The highest BCUT2D eigenvalue weighted by molar-refractivity contribution is 5.75. The number of aryl methyl sites for hydroxylation is 1. The summed E-state index contributed by atoms with van der Waals surface area (Å²) in [7, 11) is 0. The Kier molecular flexibility index (Phi) is 4.26. The minimum absolute atomic E-state index is 0.0599. The van der Waals surface area contributed by atoms with Crippen molar-refractivity contribution in [2.75, 3.05) is 6.54 Å². The molecule has 0 bridgehead atoms. The third kappa shape index (κ3) is 3.09. The lowest BCUT2D eigenvalue weighted by molar-refractivity contribution is -0.143. The molecule has 7 nitrogen and oxygen atoms in total. The molecule has 1 fully saturated rings. The molecular weight excluding hydrogens is 260 g/mol. The molecule has 20 heavy (non-hydrogen) atoms. The molecule has 0 spiro atoms. The molecule has 2 atom stereocenters. The summed E-state index contributed by atoms with van der Waals surface area (Å²) in [6.07, 6.45) is 2.71. The number of rotatable bonds is 3. The molecule has 110 valence electrons. The van der Waals surface area contributed by atoms with Crippen LogP contribution in [0.1, 0.15) is 31.0 Å². The molecule has 1 aliphatic rings. The average Bonchev–Trinajstić information content (AvgIpc) is 2.81. The molecule has 2 heterocycles. The van der Waals surface area contributed by atoms with Crippen molar-refractivity contribution in [2.45, 2.75) is 39.3 Å². The van der Waals surface area contributed by atoms with Gasteiger partial charge in [-0.1, -0.05) is 0 Å². The number of likely N-dealkylation sites (tertiary alicyclic amines) is 1. The highest BCUT2D eigenvalue weighted by atomic mass is 16.4. The van der Waals surface area contributed by atoms with Gasteiger partial charge in [0.05, 0.1) is 12.1 Å². The van der Waals surface area contributed by atoms with Crippen molar-refractivity contribution in [1.82, 2.24) is 20.4 Å². The third-order valence-electron chi connectivity index (χ3n) is 3.85. The number of carbonyl (C=O) groups excluding carboxylic acids is 1. The predicted molar refractivity (Wildman–Crippen MR) is 72.1 cm³/mol. The van der Waals surface area contributed by atoms with Crippen molar-refractivity contribution < 1.29 is 14.7 Å². The minimum Gasteiger partial charge on any atom is -0.481 e. The zero-order valence-electron chi connectivity index (χ0n) is 11.7. The van der Waals surface area contributed by atoms with E-state index in [2.05, 4.69) is 15.5 Å². The molecule has 1 aliphatic heterocycles. The molecule has 2 amide bonds. The molecular formula is C13H20N4O3. The largest absolute Gasteiger partial charge is 0.481 e. The van der Waals surface area contributed by atoms with Crippen LogP contribution in [0.3, 0.4) is 0 Å². The Labute approximate surface area is 117 Å². The quantitative estimate of drug-likeness (QED) is 0.772. The number of amides is 2. The molecule has 1 aromatic rings. The number of H-pyrrole nitrogens is 1. The average molecular weight is 280 g/mol. The molecule has 2 rings (SSSR count). The topological polar surface area (TPSA) is 98.3 Å². The maximum Gasteiger partial charge on any atom is 0.317 e. The zero-order valence-corrected chi connectivity index (χ0v) is 11.7. The Morgan fingerprint density at radius 2 is 2.35 bits per heavy atom. The lowest BCUT2D eigenvalue weighted by atomic mass is 9.92. The number of aromatic nitrogens is 2. The van der Waals surface area contributed by atoms with Crippen LogP contribution in [0.25, 0.3) is 0 Å². The summed E-state index contributed by atoms with van der Waals surface area (Å²) < 4.78 is 0. The first-order valence-electron chi connectivity index (χ1n) is 6.75. The second-order valence-corrected chi connectivity index (χ2v) is 5.28. The number of nitrogens with zero attached hydrogens (tertiary/aromatic N) is 2. The van der Waals surface area contributed by atoms with Crippen molar-refractivity contribution in [2.24, 2.45) is 5.92 Å². The van der Waals surface area contributed by atoms with Gasteiger partial charge in [-0.15, -0.1) is 0 Å². The van der Waals surface area contributed by atoms with Gasteiger partial charge < -0.3 is 15.3 Å². The van der Waals surface area contributed by atoms with Crippen molar-refractivity contribution in [3.63, 3.8) is 0 Å². The lowest BCUT2D eigenvalue weighted by Crippen LogP contribution is -2.50. The van der Waals surface area contributed by atoms with Crippen LogP contribution in [0.15, 0.2) is 6.20 Å². The van der Waals surface area contributed by atoms with Gasteiger partial charge in [0.15, 0.2) is 0 Å². The Hall–Kier alpha value is -2.05. The van der Waals surface area contributed by atoms with Gasteiger partial charge in [-0.05, 0) is 26.7 Å². The first-order chi connectivity index (χ1) is 9.49. The Morgan fingerprint density at radius 3 is 2.90 bits per heavy atom. The van der Waals surface area contributed by atoms with E-state index in [1.54, 1.807) is 11.1 Å². The first kappa shape index (κ1) is 14.4. The van der Waals surface area contributed by atoms with Gasteiger partial charge in [-0.25, -0.2) is 4.79 Å². The Balaban J connectivity index is 1.87. The van der Waals surface area contributed by atoms with E-state index in [0.717, 1.165) is 11.3 Å². The van der Waals surface area contributed by atoms with Crippen molar-refractivity contribution in [1.29, 1.82) is 0 Å². The summed E-state index contributed by atoms with van der Waals surface area (Å²) in [5.41, 5.74) is 1.88. The highest BCUT2D eigenvalue weighted by Gasteiger charge is 2.32. The van der Waals surface area contributed by atoms with E-state index in [9.17, 15) is 9.59 Å². The van der Waals surface area contributed by atoms with E-state index >= 15 is 0 Å². The van der Waals surface area contributed by atoms with Crippen LogP contribution in [-0.2, 0) is 11.3 Å². The molecule has 0 aromatic carbocycles. The Bertz CT molecular complexity index is 500. The molecule has 0 aliphatic carbocycles. The van der Waals surface area contributed by atoms with Crippen LogP contribution >= 0.6 is 0 Å². The molecule has 2 unspecified atom stereocenters. The maximum atomic E-state index is 12.1. The molecule has 3 N–H and O–H groups in total. The molecule has 0 saturated carbocycles. The van der Waals surface area contributed by atoms with Gasteiger partial charge in [0.2, 0.25) is 0 Å². The van der Waals surface area contributed by atoms with Crippen LogP contribution in [-0.4, -0.2) is 44.8 Å². The Morgan fingerprint density at radius 1 is 1.60 bits per heavy atom. The highest BCUT2D eigenvalue weighted by Crippen LogP contribution is 2.23. The summed E-state index contributed by atoms with van der Waals surface area (Å²) in [5, 5.41) is 18.6. The summed E-state index contributed by atoms with van der Waals surface area (Å²) in [6, 6.07) is -0.211. The van der Waals surface area contributed by atoms with Gasteiger partial charge in [-0.3, -0.25) is 9.89 Å². The number of urea groups is 1. The number of carbonyl (C=O) groups is 2. The van der Waals surface area contributed by atoms with E-state index in [4.69, 9.17) is 5.11 Å². The smallest absolute Gasteiger partial charge is 0.317 e. The summed E-state index contributed by atoms with van der Waals surface area (Å²) in [4.78, 5) is 24.8. The van der Waals surface area contributed by atoms with Gasteiger partial charge in [0, 0.05) is 30.4 Å². The molecule has 1 saturated heterocycles. The number of hydrogen-bond donors (Lipinski definition) is 3.